The summed E-state index contributed by atoms with van der Waals surface area (Å²) >= 11 is 0. The van der Waals surface area contributed by atoms with Gasteiger partial charge in [0.15, 0.2) is 0 Å². The summed E-state index contributed by atoms with van der Waals surface area (Å²) in [5.41, 5.74) is 0. The zero-order valence-electron chi connectivity index (χ0n) is 3.41. The van der Waals surface area contributed by atoms with E-state index in [1.54, 1.807) is 0 Å². The first-order chi connectivity index (χ1) is 2.00. The largest absolute Gasteiger partial charge is 0.106 e. The molecule has 0 heterocycles. The van der Waals surface area contributed by atoms with Crippen LogP contribution in [-0.4, -0.2) is 0 Å². The Labute approximate surface area is 50.3 Å². The molecule has 0 aromatic rings. The SMILES string of the molecule is C.C.C.C=C.CC. The summed E-state index contributed by atoms with van der Waals surface area (Å²) in [5, 5.41) is 0. The van der Waals surface area contributed by atoms with Crippen LogP contribution in [0.1, 0.15) is 36.1 Å². The van der Waals surface area contributed by atoms with Gasteiger partial charge in [-0.25, -0.2) is 0 Å². The number of hydrogen-bond donors (Lipinski definition) is 0. The molecular weight excluding hydrogens is 84.1 g/mol. The van der Waals surface area contributed by atoms with Crippen molar-refractivity contribution in [2.24, 2.45) is 0 Å². The second-order valence-electron chi connectivity index (χ2n) is 0. The van der Waals surface area contributed by atoms with Gasteiger partial charge in [0.25, 0.3) is 0 Å². The van der Waals surface area contributed by atoms with Crippen LogP contribution in [0.3, 0.4) is 0 Å². The molecule has 0 aromatic carbocycles. The first kappa shape index (κ1) is 73.3. The monoisotopic (exact) mass is 106 g/mol. The molecule has 7 heavy (non-hydrogen) atoms. The smallest absolute Gasteiger partial charge is 0.0683 e. The van der Waals surface area contributed by atoms with Crippen molar-refractivity contribution in [1.29, 1.82) is 0 Å². The van der Waals surface area contributed by atoms with Crippen LogP contribution < -0.4 is 0 Å². The summed E-state index contributed by atoms with van der Waals surface area (Å²) in [6.45, 7) is 10.0. The molecule has 0 N–H and O–H groups in total. The van der Waals surface area contributed by atoms with E-state index >= 15 is 0 Å². The Morgan fingerprint density at radius 1 is 0.714 bits per heavy atom. The van der Waals surface area contributed by atoms with E-state index in [0.717, 1.165) is 0 Å². The van der Waals surface area contributed by atoms with Gasteiger partial charge in [0, 0.05) is 0 Å². The van der Waals surface area contributed by atoms with Crippen LogP contribution in [0.2, 0.25) is 0 Å². The van der Waals surface area contributed by atoms with Crippen LogP contribution in [0.25, 0.3) is 0 Å². The molecule has 0 bridgehead atoms. The molecule has 0 aliphatic rings. The molecule has 0 aliphatic heterocycles. The Morgan fingerprint density at radius 3 is 0.714 bits per heavy atom. The molecule has 0 rings (SSSR count). The van der Waals surface area contributed by atoms with E-state index in [2.05, 4.69) is 13.2 Å². The maximum Gasteiger partial charge on any atom is -0.0683 e. The van der Waals surface area contributed by atoms with Gasteiger partial charge >= 0.3 is 0 Å². The Hall–Kier alpha value is -0.260. The van der Waals surface area contributed by atoms with Gasteiger partial charge in [-0.2, -0.15) is 0 Å². The summed E-state index contributed by atoms with van der Waals surface area (Å²) in [5.74, 6) is 0. The van der Waals surface area contributed by atoms with Gasteiger partial charge < -0.3 is 0 Å². The molecule has 0 saturated heterocycles. The van der Waals surface area contributed by atoms with E-state index in [1.165, 1.54) is 0 Å². The van der Waals surface area contributed by atoms with Gasteiger partial charge in [0.05, 0.1) is 0 Å². The summed E-state index contributed by atoms with van der Waals surface area (Å²) in [7, 11) is 0. The average molecular weight is 106 g/mol. The Kier molecular flexibility index (Phi) is 20000. The molecule has 0 heteroatoms. The quantitative estimate of drug-likeness (QED) is 0.413. The first-order valence-corrected chi connectivity index (χ1v) is 1.50. The van der Waals surface area contributed by atoms with E-state index in [-0.39, 0.29) is 22.3 Å². The Morgan fingerprint density at radius 2 is 0.714 bits per heavy atom. The van der Waals surface area contributed by atoms with Crippen molar-refractivity contribution in [1.82, 2.24) is 0 Å². The molecule has 0 aliphatic carbocycles. The van der Waals surface area contributed by atoms with Crippen molar-refractivity contribution >= 4 is 0 Å². The molecule has 0 nitrogen and oxygen atoms in total. The zero-order valence-corrected chi connectivity index (χ0v) is 3.41. The summed E-state index contributed by atoms with van der Waals surface area (Å²) < 4.78 is 0. The number of rotatable bonds is 0. The van der Waals surface area contributed by atoms with E-state index in [9.17, 15) is 0 Å². The molecule has 0 unspecified atom stereocenters. The lowest BCUT2D eigenvalue weighted by Crippen LogP contribution is -0.856. The molecular formula is C7H22. The highest BCUT2D eigenvalue weighted by molar-refractivity contribution is 4.22. The lowest BCUT2D eigenvalue weighted by molar-refractivity contribution is 1.50. The summed E-state index contributed by atoms with van der Waals surface area (Å²) in [4.78, 5) is 0. The molecule has 0 radical (unpaired) electrons. The van der Waals surface area contributed by atoms with Crippen molar-refractivity contribution in [2.45, 2.75) is 36.1 Å². The van der Waals surface area contributed by atoms with Gasteiger partial charge in [-0.3, -0.25) is 0 Å². The normalized spacial score (nSPS) is 1.43. The number of hydrogen-bond acceptors (Lipinski definition) is 0. The minimum Gasteiger partial charge on any atom is -0.106 e. The molecule has 0 fully saturated rings. The van der Waals surface area contributed by atoms with Gasteiger partial charge in [-0.15, -0.1) is 13.2 Å². The Balaban J connectivity index is -0.00000000267. The highest BCUT2D eigenvalue weighted by Gasteiger charge is 0.932. The fourth-order valence-corrected chi connectivity index (χ4v) is 0. The van der Waals surface area contributed by atoms with Crippen LogP contribution in [0.15, 0.2) is 13.2 Å². The predicted octanol–water partition coefficient (Wildman–Crippen LogP) is 3.74. The second-order valence-corrected chi connectivity index (χ2v) is 0. The van der Waals surface area contributed by atoms with E-state index in [1.807, 2.05) is 13.8 Å². The van der Waals surface area contributed by atoms with Gasteiger partial charge in [-0.05, 0) is 0 Å². The molecule has 0 spiro atoms. The van der Waals surface area contributed by atoms with Crippen molar-refractivity contribution in [3.8, 4) is 0 Å². The Bertz CT molecular complexity index is 0. The van der Waals surface area contributed by atoms with E-state index in [4.69, 9.17) is 0 Å². The van der Waals surface area contributed by atoms with Crippen LogP contribution >= 0.6 is 0 Å². The molecule has 0 saturated carbocycles. The first-order valence-electron chi connectivity index (χ1n) is 1.50. The predicted molar refractivity (Wildman–Crippen MR) is 42.8 cm³/mol. The minimum atomic E-state index is 0. The summed E-state index contributed by atoms with van der Waals surface area (Å²) in [6, 6.07) is 0. The van der Waals surface area contributed by atoms with Crippen molar-refractivity contribution in [3.63, 3.8) is 0 Å². The minimum absolute atomic E-state index is 0. The van der Waals surface area contributed by atoms with Crippen molar-refractivity contribution in [2.75, 3.05) is 0 Å². The maximum absolute atomic E-state index is 3.00. The van der Waals surface area contributed by atoms with Crippen LogP contribution in [0.5, 0.6) is 0 Å². The highest BCUT2D eigenvalue weighted by Crippen LogP contribution is 1.14. The lowest BCUT2D eigenvalue weighted by atomic mass is 11.0. The van der Waals surface area contributed by atoms with E-state index < -0.39 is 0 Å². The van der Waals surface area contributed by atoms with Crippen LogP contribution in [0.4, 0.5) is 0 Å². The van der Waals surface area contributed by atoms with E-state index in [0.29, 0.717) is 0 Å². The van der Waals surface area contributed by atoms with Crippen LogP contribution in [-0.2, 0) is 0 Å². The average Bonchev–Trinajstić information content (AvgIpc) is 1.50. The third-order valence-electron chi connectivity index (χ3n) is 0. The summed E-state index contributed by atoms with van der Waals surface area (Å²) in [6.07, 6.45) is 0. The van der Waals surface area contributed by atoms with Crippen molar-refractivity contribution in [3.05, 3.63) is 13.2 Å². The fourth-order valence-electron chi connectivity index (χ4n) is 0. The maximum atomic E-state index is 3.00. The van der Waals surface area contributed by atoms with Crippen molar-refractivity contribution < 1.29 is 0 Å². The topological polar surface area (TPSA) is 0 Å². The van der Waals surface area contributed by atoms with Gasteiger partial charge in [0.2, 0.25) is 0 Å². The molecule has 50 valence electrons. The van der Waals surface area contributed by atoms with Gasteiger partial charge in [-0.1, -0.05) is 36.1 Å². The fraction of sp³-hybridized carbons (Fsp3) is 0.714. The third kappa shape index (κ3) is 1190. The lowest BCUT2D eigenvalue weighted by Gasteiger charge is -1.07. The third-order valence-corrected chi connectivity index (χ3v) is 0. The van der Waals surface area contributed by atoms with Crippen LogP contribution in [0, 0.1) is 0 Å². The van der Waals surface area contributed by atoms with Gasteiger partial charge in [0.1, 0.15) is 0 Å². The molecule has 0 amide bonds. The standard InChI is InChI=1S/C2H6.C2H4.3CH4/c2*1-2;;;/h1-2H3;1-2H2;3*1H4. The highest BCUT2D eigenvalue weighted by atomic mass is 13.0. The molecule has 0 atom stereocenters. The zero-order chi connectivity index (χ0) is 4.00. The second kappa shape index (κ2) is 1910. The molecule has 0 aromatic heterocycles.